The summed E-state index contributed by atoms with van der Waals surface area (Å²) in [6, 6.07) is 10.2. The van der Waals surface area contributed by atoms with Gasteiger partial charge in [0.2, 0.25) is 10.0 Å². The zero-order chi connectivity index (χ0) is 20.1. The highest BCUT2D eigenvalue weighted by atomic mass is 32.2. The van der Waals surface area contributed by atoms with Gasteiger partial charge in [-0.05, 0) is 42.5 Å². The first kappa shape index (κ1) is 19.9. The molecule has 0 radical (unpaired) electrons. The lowest BCUT2D eigenvalue weighted by Gasteiger charge is -2.09. The van der Waals surface area contributed by atoms with Gasteiger partial charge in [-0.2, -0.15) is 0 Å². The Bertz CT molecular complexity index is 1100. The summed E-state index contributed by atoms with van der Waals surface area (Å²) in [5.74, 6) is -1.50. The first-order chi connectivity index (χ1) is 13.4. The second-order valence-electron chi connectivity index (χ2n) is 5.65. The number of sulfonamides is 1. The topological polar surface area (TPSA) is 88.2 Å². The SMILES string of the molecule is C=CCNS(=O)(=O)c1cc(C(=O)Nc2ccc(-c3nccs3)cc2)ccc1F. The second kappa shape index (κ2) is 8.42. The average Bonchev–Trinajstić information content (AvgIpc) is 3.22. The highest BCUT2D eigenvalue weighted by Crippen LogP contribution is 2.24. The summed E-state index contributed by atoms with van der Waals surface area (Å²) in [4.78, 5) is 16.1. The van der Waals surface area contributed by atoms with Crippen molar-refractivity contribution in [3.8, 4) is 10.6 Å². The molecule has 0 bridgehead atoms. The predicted octanol–water partition coefficient (Wildman–Crippen LogP) is 3.67. The summed E-state index contributed by atoms with van der Waals surface area (Å²) in [7, 11) is -4.09. The van der Waals surface area contributed by atoms with Crippen LogP contribution in [0.25, 0.3) is 10.6 Å². The van der Waals surface area contributed by atoms with E-state index in [1.807, 2.05) is 17.5 Å². The van der Waals surface area contributed by atoms with Crippen LogP contribution >= 0.6 is 11.3 Å². The lowest BCUT2D eigenvalue weighted by atomic mass is 10.2. The number of benzene rings is 2. The first-order valence-electron chi connectivity index (χ1n) is 8.12. The molecule has 1 aromatic heterocycles. The maximum atomic E-state index is 14.0. The van der Waals surface area contributed by atoms with Crippen LogP contribution < -0.4 is 10.0 Å². The van der Waals surface area contributed by atoms with Crippen molar-refractivity contribution in [2.24, 2.45) is 0 Å². The zero-order valence-corrected chi connectivity index (χ0v) is 16.2. The number of anilines is 1. The Kier molecular flexibility index (Phi) is 5.98. The van der Waals surface area contributed by atoms with Crippen LogP contribution in [0.1, 0.15) is 10.4 Å². The van der Waals surface area contributed by atoms with Crippen LogP contribution in [0.3, 0.4) is 0 Å². The molecule has 1 amide bonds. The molecule has 0 aliphatic heterocycles. The molecule has 144 valence electrons. The summed E-state index contributed by atoms with van der Waals surface area (Å²) in [5.41, 5.74) is 1.45. The molecule has 0 aliphatic carbocycles. The molecule has 0 aliphatic rings. The molecule has 3 rings (SSSR count). The van der Waals surface area contributed by atoms with Gasteiger partial charge < -0.3 is 5.32 Å². The number of halogens is 1. The number of rotatable bonds is 7. The maximum Gasteiger partial charge on any atom is 0.255 e. The van der Waals surface area contributed by atoms with E-state index < -0.39 is 26.6 Å². The number of amides is 1. The van der Waals surface area contributed by atoms with Crippen molar-refractivity contribution >= 4 is 33.0 Å². The number of nitrogens with zero attached hydrogens (tertiary/aromatic N) is 1. The third-order valence-corrected chi connectivity index (χ3v) is 5.98. The molecule has 0 atom stereocenters. The van der Waals surface area contributed by atoms with Gasteiger partial charge in [-0.15, -0.1) is 17.9 Å². The van der Waals surface area contributed by atoms with Gasteiger partial charge in [-0.25, -0.2) is 22.5 Å². The van der Waals surface area contributed by atoms with Crippen LogP contribution in [0.4, 0.5) is 10.1 Å². The van der Waals surface area contributed by atoms with Crippen molar-refractivity contribution in [2.75, 3.05) is 11.9 Å². The molecule has 6 nitrogen and oxygen atoms in total. The monoisotopic (exact) mass is 417 g/mol. The van der Waals surface area contributed by atoms with Crippen molar-refractivity contribution in [2.45, 2.75) is 4.90 Å². The van der Waals surface area contributed by atoms with Gasteiger partial charge in [0.1, 0.15) is 15.7 Å². The molecule has 0 saturated carbocycles. The summed E-state index contributed by atoms with van der Waals surface area (Å²) in [6.45, 7) is 3.35. The molecular formula is C19H16FN3O3S2. The molecule has 28 heavy (non-hydrogen) atoms. The van der Waals surface area contributed by atoms with E-state index in [9.17, 15) is 17.6 Å². The lowest BCUT2D eigenvalue weighted by molar-refractivity contribution is 0.102. The summed E-state index contributed by atoms with van der Waals surface area (Å²) >= 11 is 1.50. The average molecular weight is 417 g/mol. The van der Waals surface area contributed by atoms with E-state index in [0.717, 1.165) is 22.7 Å². The minimum Gasteiger partial charge on any atom is -0.322 e. The number of hydrogen-bond acceptors (Lipinski definition) is 5. The third-order valence-electron chi connectivity index (χ3n) is 3.72. The van der Waals surface area contributed by atoms with Gasteiger partial charge in [0.15, 0.2) is 0 Å². The number of thiazole rings is 1. The van der Waals surface area contributed by atoms with Crippen LogP contribution in [-0.2, 0) is 10.0 Å². The standard InChI is InChI=1S/C19H16FN3O3S2/c1-2-9-22-28(25,26)17-12-14(5-8-16(17)20)18(24)23-15-6-3-13(4-7-15)19-21-10-11-27-19/h2-8,10-12,22H,1,9H2,(H,23,24). The van der Waals surface area contributed by atoms with Gasteiger partial charge in [0.25, 0.3) is 5.91 Å². The Hall–Kier alpha value is -2.88. The number of carbonyl (C=O) groups is 1. The fourth-order valence-corrected chi connectivity index (χ4v) is 4.11. The van der Waals surface area contributed by atoms with Crippen LogP contribution in [0.15, 0.2) is 71.6 Å². The summed E-state index contributed by atoms with van der Waals surface area (Å²) < 4.78 is 40.5. The van der Waals surface area contributed by atoms with Crippen LogP contribution in [0, 0.1) is 5.82 Å². The molecular weight excluding hydrogens is 401 g/mol. The van der Waals surface area contributed by atoms with E-state index in [4.69, 9.17) is 0 Å². The van der Waals surface area contributed by atoms with Crippen molar-refractivity contribution in [3.05, 3.63) is 78.1 Å². The summed E-state index contributed by atoms with van der Waals surface area (Å²) in [6.07, 6.45) is 3.04. The number of carbonyl (C=O) groups excluding carboxylic acids is 1. The van der Waals surface area contributed by atoms with Gasteiger partial charge in [-0.1, -0.05) is 6.08 Å². The van der Waals surface area contributed by atoms with Crippen molar-refractivity contribution < 1.29 is 17.6 Å². The molecule has 2 aromatic carbocycles. The molecule has 9 heteroatoms. The number of aromatic nitrogens is 1. The quantitative estimate of drug-likeness (QED) is 0.574. The Balaban J connectivity index is 1.79. The fraction of sp³-hybridized carbons (Fsp3) is 0.0526. The summed E-state index contributed by atoms with van der Waals surface area (Å²) in [5, 5.41) is 5.39. The highest BCUT2D eigenvalue weighted by molar-refractivity contribution is 7.89. The van der Waals surface area contributed by atoms with E-state index in [2.05, 4.69) is 21.6 Å². The largest absolute Gasteiger partial charge is 0.322 e. The normalized spacial score (nSPS) is 11.2. The Morgan fingerprint density at radius 1 is 1.21 bits per heavy atom. The highest BCUT2D eigenvalue weighted by Gasteiger charge is 2.20. The zero-order valence-electron chi connectivity index (χ0n) is 14.6. The van der Waals surface area contributed by atoms with Crippen molar-refractivity contribution in [1.82, 2.24) is 9.71 Å². The lowest BCUT2D eigenvalue weighted by Crippen LogP contribution is -2.25. The van der Waals surface area contributed by atoms with Crippen LogP contribution in [-0.4, -0.2) is 25.9 Å². The number of nitrogens with one attached hydrogen (secondary N) is 2. The van der Waals surface area contributed by atoms with Gasteiger partial charge in [0, 0.05) is 34.9 Å². The number of hydrogen-bond donors (Lipinski definition) is 2. The minimum atomic E-state index is -4.09. The molecule has 1 heterocycles. The minimum absolute atomic E-state index is 0.0179. The van der Waals surface area contributed by atoms with Crippen molar-refractivity contribution in [1.29, 1.82) is 0 Å². The molecule has 0 spiro atoms. The Morgan fingerprint density at radius 2 is 1.96 bits per heavy atom. The second-order valence-corrected chi connectivity index (χ2v) is 8.28. The van der Waals surface area contributed by atoms with Gasteiger partial charge in [0.05, 0.1) is 0 Å². The van der Waals surface area contributed by atoms with E-state index >= 15 is 0 Å². The van der Waals surface area contributed by atoms with E-state index in [1.165, 1.54) is 23.5 Å². The fourth-order valence-electron chi connectivity index (χ4n) is 2.36. The van der Waals surface area contributed by atoms with E-state index in [-0.39, 0.29) is 12.1 Å². The smallest absolute Gasteiger partial charge is 0.255 e. The van der Waals surface area contributed by atoms with Crippen LogP contribution in [0.5, 0.6) is 0 Å². The van der Waals surface area contributed by atoms with E-state index in [1.54, 1.807) is 18.3 Å². The molecule has 2 N–H and O–H groups in total. The van der Waals surface area contributed by atoms with Crippen molar-refractivity contribution in [3.63, 3.8) is 0 Å². The Labute approximate surface area is 165 Å². The Morgan fingerprint density at radius 3 is 2.61 bits per heavy atom. The van der Waals surface area contributed by atoms with Gasteiger partial charge >= 0.3 is 0 Å². The van der Waals surface area contributed by atoms with Gasteiger partial charge in [-0.3, -0.25) is 4.79 Å². The predicted molar refractivity (Wildman–Crippen MR) is 107 cm³/mol. The van der Waals surface area contributed by atoms with E-state index in [0.29, 0.717) is 5.69 Å². The first-order valence-corrected chi connectivity index (χ1v) is 10.5. The third kappa shape index (κ3) is 4.50. The maximum absolute atomic E-state index is 14.0. The molecule has 0 unspecified atom stereocenters. The molecule has 3 aromatic rings. The molecule has 0 saturated heterocycles. The van der Waals surface area contributed by atoms with Crippen LogP contribution in [0.2, 0.25) is 0 Å². The molecule has 0 fully saturated rings.